The van der Waals surface area contributed by atoms with E-state index < -0.39 is 0 Å². The summed E-state index contributed by atoms with van der Waals surface area (Å²) >= 11 is 2.98. The van der Waals surface area contributed by atoms with Crippen molar-refractivity contribution in [2.75, 3.05) is 12.4 Å². The molecule has 2 heterocycles. The second-order valence-electron chi connectivity index (χ2n) is 5.68. The van der Waals surface area contributed by atoms with Crippen molar-refractivity contribution in [3.05, 3.63) is 52.9 Å². The number of anilines is 1. The molecule has 0 saturated carbocycles. The van der Waals surface area contributed by atoms with Gasteiger partial charge in [-0.05, 0) is 42.0 Å². The molecule has 0 radical (unpaired) electrons. The molecule has 2 aromatic heterocycles. The monoisotopic (exact) mass is 397 g/mol. The van der Waals surface area contributed by atoms with Gasteiger partial charge in [-0.25, -0.2) is 0 Å². The van der Waals surface area contributed by atoms with Crippen molar-refractivity contribution in [1.82, 2.24) is 20.6 Å². The van der Waals surface area contributed by atoms with Gasteiger partial charge in [0.15, 0.2) is 0 Å². The molecular formula is C18H15N5O2S2. The fourth-order valence-electron chi connectivity index (χ4n) is 2.65. The normalized spacial score (nSPS) is 10.9. The number of benzene rings is 2. The number of aryl methyl sites for hydroxylation is 1. The Morgan fingerprint density at radius 1 is 1.26 bits per heavy atom. The molecule has 0 spiro atoms. The summed E-state index contributed by atoms with van der Waals surface area (Å²) in [6, 6.07) is 14.0. The number of methoxy groups -OCH3 is 1. The number of hydrogen-bond acceptors (Lipinski definition) is 7. The standard InChI is InChI=1S/C18H15N5O2S2/c1-10-8-14-12(9-13(10)25-2)15(26-11-6-4-3-5-7-11)16(27-14)17(24)19-18-20-22-23-21-18/h3-9H,1-2H3,(H2,19,20,21,22,23,24). The van der Waals surface area contributed by atoms with Crippen molar-refractivity contribution in [2.24, 2.45) is 0 Å². The van der Waals surface area contributed by atoms with Gasteiger partial charge < -0.3 is 4.74 Å². The number of thiophene rings is 1. The van der Waals surface area contributed by atoms with Crippen LogP contribution in [0, 0.1) is 6.92 Å². The van der Waals surface area contributed by atoms with E-state index in [-0.39, 0.29) is 11.9 Å². The highest BCUT2D eigenvalue weighted by atomic mass is 32.2. The number of carbonyl (C=O) groups excluding carboxylic acids is 1. The van der Waals surface area contributed by atoms with Crippen LogP contribution < -0.4 is 10.1 Å². The van der Waals surface area contributed by atoms with E-state index in [0.717, 1.165) is 31.2 Å². The first-order valence-electron chi connectivity index (χ1n) is 8.04. The minimum absolute atomic E-state index is 0.141. The minimum Gasteiger partial charge on any atom is -0.496 e. The number of hydrogen-bond donors (Lipinski definition) is 2. The molecule has 0 fully saturated rings. The van der Waals surface area contributed by atoms with E-state index in [1.165, 1.54) is 11.3 Å². The van der Waals surface area contributed by atoms with Crippen LogP contribution in [0.3, 0.4) is 0 Å². The zero-order chi connectivity index (χ0) is 18.8. The fraction of sp³-hybridized carbons (Fsp3) is 0.111. The number of fused-ring (bicyclic) bond motifs is 1. The molecule has 0 aliphatic carbocycles. The van der Waals surface area contributed by atoms with Crippen molar-refractivity contribution in [3.63, 3.8) is 0 Å². The highest BCUT2D eigenvalue weighted by Crippen LogP contribution is 2.43. The molecule has 0 unspecified atom stereocenters. The number of rotatable bonds is 5. The van der Waals surface area contributed by atoms with Gasteiger partial charge in [-0.2, -0.15) is 5.21 Å². The molecule has 4 aromatic rings. The molecule has 27 heavy (non-hydrogen) atoms. The summed E-state index contributed by atoms with van der Waals surface area (Å²) in [5.41, 5.74) is 1.02. The molecule has 0 saturated heterocycles. The van der Waals surface area contributed by atoms with Crippen LogP contribution >= 0.6 is 23.1 Å². The average Bonchev–Trinajstić information content (AvgIpc) is 3.30. The lowest BCUT2D eigenvalue weighted by Gasteiger charge is -2.07. The first-order chi connectivity index (χ1) is 13.2. The zero-order valence-electron chi connectivity index (χ0n) is 14.5. The number of nitrogens with zero attached hydrogens (tertiary/aromatic N) is 3. The molecule has 7 nitrogen and oxygen atoms in total. The summed E-state index contributed by atoms with van der Waals surface area (Å²) < 4.78 is 6.49. The van der Waals surface area contributed by atoms with Gasteiger partial charge in [-0.3, -0.25) is 10.1 Å². The minimum atomic E-state index is -0.271. The van der Waals surface area contributed by atoms with Crippen LogP contribution in [0.25, 0.3) is 10.1 Å². The molecule has 2 N–H and O–H groups in total. The maximum Gasteiger partial charge on any atom is 0.270 e. The van der Waals surface area contributed by atoms with E-state index in [1.807, 2.05) is 49.4 Å². The molecule has 0 bridgehead atoms. The van der Waals surface area contributed by atoms with Gasteiger partial charge in [0.1, 0.15) is 10.6 Å². The largest absolute Gasteiger partial charge is 0.496 e. The second-order valence-corrected chi connectivity index (χ2v) is 7.82. The number of H-pyrrole nitrogens is 1. The first-order valence-corrected chi connectivity index (χ1v) is 9.68. The van der Waals surface area contributed by atoms with Gasteiger partial charge in [-0.1, -0.05) is 35.1 Å². The van der Waals surface area contributed by atoms with Crippen molar-refractivity contribution < 1.29 is 9.53 Å². The third kappa shape index (κ3) is 3.51. The number of carbonyl (C=O) groups is 1. The molecule has 2 aromatic carbocycles. The molecule has 9 heteroatoms. The lowest BCUT2D eigenvalue weighted by atomic mass is 10.1. The first kappa shape index (κ1) is 17.5. The van der Waals surface area contributed by atoms with Gasteiger partial charge in [0.2, 0.25) is 0 Å². The third-order valence-electron chi connectivity index (χ3n) is 3.90. The van der Waals surface area contributed by atoms with E-state index in [4.69, 9.17) is 4.74 Å². The molecule has 0 atom stereocenters. The van der Waals surface area contributed by atoms with E-state index in [9.17, 15) is 4.79 Å². The van der Waals surface area contributed by atoms with Crippen molar-refractivity contribution in [2.45, 2.75) is 16.7 Å². The van der Waals surface area contributed by atoms with Crippen LogP contribution in [-0.2, 0) is 0 Å². The molecular weight excluding hydrogens is 382 g/mol. The predicted molar refractivity (Wildman–Crippen MR) is 106 cm³/mol. The highest BCUT2D eigenvalue weighted by molar-refractivity contribution is 7.99. The number of aromatic nitrogens is 4. The molecule has 4 rings (SSSR count). The SMILES string of the molecule is COc1cc2c(Sc3ccccc3)c(C(=O)Nc3nn[nH]n3)sc2cc1C. The molecule has 0 aliphatic rings. The number of nitrogens with one attached hydrogen (secondary N) is 2. The Labute approximate surface area is 163 Å². The van der Waals surface area contributed by atoms with Gasteiger partial charge in [0.05, 0.1) is 7.11 Å². The summed E-state index contributed by atoms with van der Waals surface area (Å²) in [5.74, 6) is 0.662. The van der Waals surface area contributed by atoms with Crippen LogP contribution in [-0.4, -0.2) is 33.6 Å². The smallest absolute Gasteiger partial charge is 0.270 e. The Hall–Kier alpha value is -2.91. The predicted octanol–water partition coefficient (Wildman–Crippen LogP) is 4.13. The van der Waals surface area contributed by atoms with Crippen LogP contribution in [0.2, 0.25) is 0 Å². The number of tetrazole rings is 1. The summed E-state index contributed by atoms with van der Waals surface area (Å²) in [6.07, 6.45) is 0. The van der Waals surface area contributed by atoms with Crippen LogP contribution in [0.5, 0.6) is 5.75 Å². The van der Waals surface area contributed by atoms with Crippen molar-refractivity contribution in [3.8, 4) is 5.75 Å². The van der Waals surface area contributed by atoms with E-state index in [0.29, 0.717) is 4.88 Å². The summed E-state index contributed by atoms with van der Waals surface area (Å²) in [7, 11) is 1.65. The summed E-state index contributed by atoms with van der Waals surface area (Å²) in [5, 5.41) is 17.0. The maximum atomic E-state index is 12.9. The van der Waals surface area contributed by atoms with Gasteiger partial charge >= 0.3 is 0 Å². The van der Waals surface area contributed by atoms with Gasteiger partial charge in [0.25, 0.3) is 11.9 Å². The second kappa shape index (κ2) is 7.37. The van der Waals surface area contributed by atoms with E-state index >= 15 is 0 Å². The highest BCUT2D eigenvalue weighted by Gasteiger charge is 2.22. The van der Waals surface area contributed by atoms with Crippen molar-refractivity contribution in [1.29, 1.82) is 0 Å². The Balaban J connectivity index is 1.83. The molecule has 136 valence electrons. The van der Waals surface area contributed by atoms with Crippen LogP contribution in [0.15, 0.2) is 52.3 Å². The molecule has 1 amide bonds. The van der Waals surface area contributed by atoms with Gasteiger partial charge in [-0.15, -0.1) is 16.4 Å². The van der Waals surface area contributed by atoms with E-state index in [2.05, 4.69) is 25.9 Å². The quantitative estimate of drug-likeness (QED) is 0.526. The van der Waals surface area contributed by atoms with Crippen LogP contribution in [0.1, 0.15) is 15.2 Å². The van der Waals surface area contributed by atoms with Crippen molar-refractivity contribution >= 4 is 45.0 Å². The topological polar surface area (TPSA) is 92.8 Å². The van der Waals surface area contributed by atoms with Gasteiger partial charge in [0, 0.05) is 19.9 Å². The fourth-order valence-corrected chi connectivity index (χ4v) is 5.03. The number of aromatic amines is 1. The Morgan fingerprint density at radius 3 is 2.78 bits per heavy atom. The van der Waals surface area contributed by atoms with E-state index in [1.54, 1.807) is 18.9 Å². The lowest BCUT2D eigenvalue weighted by molar-refractivity contribution is 0.102. The summed E-state index contributed by atoms with van der Waals surface area (Å²) in [6.45, 7) is 1.99. The Morgan fingerprint density at radius 2 is 2.07 bits per heavy atom. The summed E-state index contributed by atoms with van der Waals surface area (Å²) in [4.78, 5) is 15.4. The lowest BCUT2D eigenvalue weighted by Crippen LogP contribution is -2.12. The zero-order valence-corrected chi connectivity index (χ0v) is 16.1. The van der Waals surface area contributed by atoms with Crippen LogP contribution in [0.4, 0.5) is 5.95 Å². The Bertz CT molecular complexity index is 1090. The number of ether oxygens (including phenoxy) is 1. The average molecular weight is 397 g/mol. The molecule has 0 aliphatic heterocycles. The maximum absolute atomic E-state index is 12.9. The Kier molecular flexibility index (Phi) is 4.78. The third-order valence-corrected chi connectivity index (χ3v) is 6.32. The number of amides is 1.